The van der Waals surface area contributed by atoms with E-state index in [1.807, 2.05) is 18.2 Å². The number of hydrogen-bond donors (Lipinski definition) is 0. The van der Waals surface area contributed by atoms with Crippen LogP contribution in [0.2, 0.25) is 0 Å². The molecule has 2 aromatic rings. The molecule has 2 nitrogen and oxygen atoms in total. The van der Waals surface area contributed by atoms with E-state index in [9.17, 15) is 4.79 Å². The van der Waals surface area contributed by atoms with E-state index in [2.05, 4.69) is 38.5 Å². The van der Waals surface area contributed by atoms with E-state index in [0.717, 1.165) is 3.57 Å². The molecule has 0 saturated carbocycles. The molecular formula is C11H6BrIO2. The SMILES string of the molecule is O=C(c1ccccc1I)c1occc1Br. The summed E-state index contributed by atoms with van der Waals surface area (Å²) in [6.45, 7) is 0. The molecule has 0 saturated heterocycles. The van der Waals surface area contributed by atoms with Gasteiger partial charge in [-0.25, -0.2) is 0 Å². The third-order valence-electron chi connectivity index (χ3n) is 1.94. The van der Waals surface area contributed by atoms with E-state index in [4.69, 9.17) is 4.42 Å². The van der Waals surface area contributed by atoms with E-state index in [1.165, 1.54) is 6.26 Å². The van der Waals surface area contributed by atoms with Gasteiger partial charge in [-0.2, -0.15) is 0 Å². The van der Waals surface area contributed by atoms with Crippen LogP contribution in [-0.2, 0) is 0 Å². The minimum Gasteiger partial charge on any atom is -0.460 e. The first-order chi connectivity index (χ1) is 7.20. The molecule has 0 bridgehead atoms. The first-order valence-corrected chi connectivity index (χ1v) is 6.09. The Morgan fingerprint density at radius 1 is 1.27 bits per heavy atom. The molecule has 0 aliphatic carbocycles. The highest BCUT2D eigenvalue weighted by molar-refractivity contribution is 14.1. The van der Waals surface area contributed by atoms with Crippen molar-refractivity contribution in [1.29, 1.82) is 0 Å². The van der Waals surface area contributed by atoms with Crippen LogP contribution in [0.3, 0.4) is 0 Å². The number of carbonyl (C=O) groups is 1. The Labute approximate surface area is 109 Å². The normalized spacial score (nSPS) is 10.3. The predicted molar refractivity (Wildman–Crippen MR) is 69.0 cm³/mol. The predicted octanol–water partition coefficient (Wildman–Crippen LogP) is 3.88. The number of rotatable bonds is 2. The maximum absolute atomic E-state index is 12.0. The smallest absolute Gasteiger partial charge is 0.230 e. The van der Waals surface area contributed by atoms with Crippen LogP contribution in [0.5, 0.6) is 0 Å². The summed E-state index contributed by atoms with van der Waals surface area (Å²) < 4.78 is 6.74. The zero-order chi connectivity index (χ0) is 10.8. The summed E-state index contributed by atoms with van der Waals surface area (Å²) in [4.78, 5) is 12.0. The molecule has 4 heteroatoms. The Morgan fingerprint density at radius 3 is 2.60 bits per heavy atom. The van der Waals surface area contributed by atoms with Crippen molar-refractivity contribution in [1.82, 2.24) is 0 Å². The monoisotopic (exact) mass is 376 g/mol. The zero-order valence-electron chi connectivity index (χ0n) is 7.54. The van der Waals surface area contributed by atoms with Crippen LogP contribution in [-0.4, -0.2) is 5.78 Å². The maximum atomic E-state index is 12.0. The van der Waals surface area contributed by atoms with Crippen LogP contribution in [0.15, 0.2) is 45.5 Å². The van der Waals surface area contributed by atoms with E-state index in [0.29, 0.717) is 15.8 Å². The molecular weight excluding hydrogens is 371 g/mol. The van der Waals surface area contributed by atoms with Crippen LogP contribution in [0.4, 0.5) is 0 Å². The Morgan fingerprint density at radius 2 is 2.00 bits per heavy atom. The molecule has 2 rings (SSSR count). The van der Waals surface area contributed by atoms with E-state index in [-0.39, 0.29) is 5.78 Å². The molecule has 0 spiro atoms. The maximum Gasteiger partial charge on any atom is 0.230 e. The van der Waals surface area contributed by atoms with Gasteiger partial charge in [0.2, 0.25) is 5.78 Å². The molecule has 0 radical (unpaired) electrons. The molecule has 1 aromatic carbocycles. The van der Waals surface area contributed by atoms with Crippen molar-refractivity contribution in [3.63, 3.8) is 0 Å². The molecule has 15 heavy (non-hydrogen) atoms. The van der Waals surface area contributed by atoms with Gasteiger partial charge in [0.1, 0.15) is 0 Å². The lowest BCUT2D eigenvalue weighted by Crippen LogP contribution is -2.02. The Bertz CT molecular complexity index is 505. The molecule has 76 valence electrons. The minimum atomic E-state index is -0.100. The summed E-state index contributed by atoms with van der Waals surface area (Å²) in [6.07, 6.45) is 1.49. The van der Waals surface area contributed by atoms with Gasteiger partial charge in [-0.05, 0) is 56.7 Å². The number of carbonyl (C=O) groups excluding carboxylic acids is 1. The van der Waals surface area contributed by atoms with Crippen molar-refractivity contribution < 1.29 is 9.21 Å². The highest BCUT2D eigenvalue weighted by atomic mass is 127. The van der Waals surface area contributed by atoms with Crippen molar-refractivity contribution in [3.8, 4) is 0 Å². The number of benzene rings is 1. The van der Waals surface area contributed by atoms with Gasteiger partial charge in [-0.15, -0.1) is 0 Å². The standard InChI is InChI=1S/C11H6BrIO2/c12-8-5-6-15-11(8)10(14)7-3-1-2-4-9(7)13/h1-6H. The van der Waals surface area contributed by atoms with Gasteiger partial charge in [-0.1, -0.05) is 12.1 Å². The van der Waals surface area contributed by atoms with Gasteiger partial charge < -0.3 is 4.42 Å². The molecule has 0 N–H and O–H groups in total. The van der Waals surface area contributed by atoms with E-state index >= 15 is 0 Å². The van der Waals surface area contributed by atoms with Crippen LogP contribution in [0, 0.1) is 3.57 Å². The molecule has 0 atom stereocenters. The van der Waals surface area contributed by atoms with Gasteiger partial charge in [0.25, 0.3) is 0 Å². The molecule has 0 aliphatic heterocycles. The summed E-state index contributed by atoms with van der Waals surface area (Å²) in [5, 5.41) is 0. The quantitative estimate of drug-likeness (QED) is 0.588. The summed E-state index contributed by atoms with van der Waals surface area (Å²) in [5.74, 6) is 0.246. The van der Waals surface area contributed by atoms with Crippen LogP contribution in [0.25, 0.3) is 0 Å². The fraction of sp³-hybridized carbons (Fsp3) is 0. The minimum absolute atomic E-state index is 0.100. The largest absolute Gasteiger partial charge is 0.460 e. The Hall–Kier alpha value is -0.620. The van der Waals surface area contributed by atoms with Crippen molar-refractivity contribution in [2.75, 3.05) is 0 Å². The number of ketones is 1. The summed E-state index contributed by atoms with van der Waals surface area (Å²) in [6, 6.07) is 9.13. The van der Waals surface area contributed by atoms with Crippen molar-refractivity contribution >= 4 is 44.3 Å². The van der Waals surface area contributed by atoms with Gasteiger partial charge >= 0.3 is 0 Å². The summed E-state index contributed by atoms with van der Waals surface area (Å²) in [5.41, 5.74) is 0.661. The third-order valence-corrected chi connectivity index (χ3v) is 3.51. The van der Waals surface area contributed by atoms with E-state index in [1.54, 1.807) is 12.1 Å². The van der Waals surface area contributed by atoms with Crippen molar-refractivity contribution in [2.24, 2.45) is 0 Å². The average Bonchev–Trinajstić information content (AvgIpc) is 2.64. The summed E-state index contributed by atoms with van der Waals surface area (Å²) >= 11 is 5.41. The first kappa shape index (κ1) is 10.9. The highest BCUT2D eigenvalue weighted by Gasteiger charge is 2.17. The molecule has 0 fully saturated rings. The van der Waals surface area contributed by atoms with E-state index < -0.39 is 0 Å². The molecule has 0 unspecified atom stereocenters. The Balaban J connectivity index is 2.46. The molecule has 0 amide bonds. The fourth-order valence-corrected chi connectivity index (χ4v) is 2.24. The van der Waals surface area contributed by atoms with Gasteiger partial charge in [0, 0.05) is 9.13 Å². The molecule has 0 aliphatic rings. The Kier molecular flexibility index (Phi) is 3.25. The van der Waals surface area contributed by atoms with Gasteiger partial charge in [0.15, 0.2) is 5.76 Å². The second kappa shape index (κ2) is 4.49. The summed E-state index contributed by atoms with van der Waals surface area (Å²) in [7, 11) is 0. The van der Waals surface area contributed by atoms with Crippen LogP contribution >= 0.6 is 38.5 Å². The lowest BCUT2D eigenvalue weighted by atomic mass is 10.1. The lowest BCUT2D eigenvalue weighted by molar-refractivity contribution is 0.101. The fourth-order valence-electron chi connectivity index (χ4n) is 1.22. The lowest BCUT2D eigenvalue weighted by Gasteiger charge is -2.00. The first-order valence-electron chi connectivity index (χ1n) is 4.22. The molecule has 1 heterocycles. The molecule has 1 aromatic heterocycles. The van der Waals surface area contributed by atoms with Gasteiger partial charge in [-0.3, -0.25) is 4.79 Å². The second-order valence-corrected chi connectivity index (χ2v) is 4.92. The third kappa shape index (κ3) is 2.15. The van der Waals surface area contributed by atoms with Crippen LogP contribution in [0.1, 0.15) is 16.1 Å². The second-order valence-electron chi connectivity index (χ2n) is 2.91. The zero-order valence-corrected chi connectivity index (χ0v) is 11.3. The van der Waals surface area contributed by atoms with Gasteiger partial charge in [0.05, 0.1) is 10.7 Å². The topological polar surface area (TPSA) is 30.2 Å². The highest BCUT2D eigenvalue weighted by Crippen LogP contribution is 2.23. The van der Waals surface area contributed by atoms with Crippen molar-refractivity contribution in [3.05, 3.63) is 56.0 Å². The van der Waals surface area contributed by atoms with Crippen LogP contribution < -0.4 is 0 Å². The number of hydrogen-bond acceptors (Lipinski definition) is 2. The van der Waals surface area contributed by atoms with Crippen molar-refractivity contribution in [2.45, 2.75) is 0 Å². The number of halogens is 2. The average molecular weight is 377 g/mol. The number of furan rings is 1.